The summed E-state index contributed by atoms with van der Waals surface area (Å²) >= 11 is 0. The number of pyridine rings is 1. The van der Waals surface area contributed by atoms with Crippen molar-refractivity contribution in [1.82, 2.24) is 10.3 Å². The summed E-state index contributed by atoms with van der Waals surface area (Å²) in [6.45, 7) is 6.65. The summed E-state index contributed by atoms with van der Waals surface area (Å²) in [6.07, 6.45) is 5.83. The van der Waals surface area contributed by atoms with Crippen LogP contribution in [-0.4, -0.2) is 16.9 Å². The first kappa shape index (κ1) is 14.9. The van der Waals surface area contributed by atoms with E-state index in [0.717, 1.165) is 19.3 Å². The Morgan fingerprint density at radius 1 is 1.35 bits per heavy atom. The van der Waals surface area contributed by atoms with Crippen LogP contribution in [0.5, 0.6) is 0 Å². The molecule has 0 unspecified atom stereocenters. The molecule has 20 heavy (non-hydrogen) atoms. The van der Waals surface area contributed by atoms with Gasteiger partial charge in [-0.3, -0.25) is 4.79 Å². The number of rotatable bonds is 2. The minimum Gasteiger partial charge on any atom is -0.349 e. The molecule has 0 aliphatic heterocycles. The van der Waals surface area contributed by atoms with Gasteiger partial charge in [-0.15, -0.1) is 0 Å². The molecule has 0 spiro atoms. The van der Waals surface area contributed by atoms with Gasteiger partial charge in [-0.2, -0.15) is 4.39 Å². The average Bonchev–Trinajstić information content (AvgIpc) is 2.38. The molecule has 2 rings (SSSR count). The van der Waals surface area contributed by atoms with Crippen LogP contribution in [0.3, 0.4) is 0 Å². The molecular weight excluding hydrogens is 255 g/mol. The van der Waals surface area contributed by atoms with Crippen molar-refractivity contribution in [2.24, 2.45) is 11.3 Å². The highest BCUT2D eigenvalue weighted by atomic mass is 19.1. The van der Waals surface area contributed by atoms with Crippen molar-refractivity contribution in [3.63, 3.8) is 0 Å². The largest absolute Gasteiger partial charge is 0.349 e. The molecule has 0 aromatic carbocycles. The molecule has 1 heterocycles. The van der Waals surface area contributed by atoms with Crippen LogP contribution in [0.1, 0.15) is 56.8 Å². The third-order valence-electron chi connectivity index (χ3n) is 4.18. The summed E-state index contributed by atoms with van der Waals surface area (Å²) in [6, 6.07) is 2.91. The molecule has 3 nitrogen and oxygen atoms in total. The molecule has 0 bridgehead atoms. The molecule has 1 saturated carbocycles. The van der Waals surface area contributed by atoms with Crippen LogP contribution in [0, 0.1) is 17.3 Å². The average molecular weight is 278 g/mol. The molecule has 1 N–H and O–H groups in total. The van der Waals surface area contributed by atoms with E-state index in [1.54, 1.807) is 6.07 Å². The van der Waals surface area contributed by atoms with E-state index in [-0.39, 0.29) is 17.4 Å². The number of aromatic nitrogens is 1. The van der Waals surface area contributed by atoms with Crippen LogP contribution in [0.2, 0.25) is 0 Å². The summed E-state index contributed by atoms with van der Waals surface area (Å²) in [5.74, 6) is -0.354. The van der Waals surface area contributed by atoms with E-state index in [1.807, 2.05) is 0 Å². The van der Waals surface area contributed by atoms with E-state index in [4.69, 9.17) is 0 Å². The minimum absolute atomic E-state index is 0.169. The molecule has 0 radical (unpaired) electrons. The van der Waals surface area contributed by atoms with E-state index >= 15 is 0 Å². The Labute approximate surface area is 120 Å². The fraction of sp³-hybridized carbons (Fsp3) is 0.625. The third-order valence-corrected chi connectivity index (χ3v) is 4.18. The van der Waals surface area contributed by atoms with Crippen LogP contribution < -0.4 is 5.32 Å². The lowest BCUT2D eigenvalue weighted by atomic mass is 9.69. The van der Waals surface area contributed by atoms with Gasteiger partial charge < -0.3 is 5.32 Å². The Morgan fingerprint density at radius 2 is 2.05 bits per heavy atom. The zero-order chi connectivity index (χ0) is 14.8. The van der Waals surface area contributed by atoms with Crippen LogP contribution in [0.15, 0.2) is 18.3 Å². The summed E-state index contributed by atoms with van der Waals surface area (Å²) in [5.41, 5.74) is 0.512. The van der Waals surface area contributed by atoms with Gasteiger partial charge in [0.2, 0.25) is 5.95 Å². The van der Waals surface area contributed by atoms with Gasteiger partial charge in [0.1, 0.15) is 0 Å². The lowest BCUT2D eigenvalue weighted by Crippen LogP contribution is -2.46. The van der Waals surface area contributed by atoms with Crippen LogP contribution in [-0.2, 0) is 0 Å². The monoisotopic (exact) mass is 278 g/mol. The Kier molecular flexibility index (Phi) is 4.41. The smallest absolute Gasteiger partial charge is 0.251 e. The predicted octanol–water partition coefficient (Wildman–Crippen LogP) is 3.56. The second kappa shape index (κ2) is 5.90. The topological polar surface area (TPSA) is 42.0 Å². The highest BCUT2D eigenvalue weighted by molar-refractivity contribution is 5.94. The highest BCUT2D eigenvalue weighted by Crippen LogP contribution is 2.38. The predicted molar refractivity (Wildman–Crippen MR) is 76.9 cm³/mol. The first-order chi connectivity index (χ1) is 9.38. The Bertz CT molecular complexity index is 482. The number of halogens is 1. The molecule has 1 fully saturated rings. The number of carbonyl (C=O) groups is 1. The van der Waals surface area contributed by atoms with Crippen molar-refractivity contribution in [2.45, 2.75) is 52.5 Å². The molecule has 1 aromatic heterocycles. The van der Waals surface area contributed by atoms with Crippen LogP contribution >= 0.6 is 0 Å². The van der Waals surface area contributed by atoms with E-state index < -0.39 is 5.95 Å². The number of carbonyl (C=O) groups excluding carboxylic acids is 1. The number of hydrogen-bond donors (Lipinski definition) is 1. The van der Waals surface area contributed by atoms with Gasteiger partial charge >= 0.3 is 0 Å². The SMILES string of the molecule is CC(C)(C)[C@@H]1CCCC[C@H]1NC(=O)c1ccnc(F)c1. The molecule has 1 aliphatic carbocycles. The second-order valence-corrected chi connectivity index (χ2v) is 6.70. The second-order valence-electron chi connectivity index (χ2n) is 6.70. The molecule has 0 saturated heterocycles. The van der Waals surface area contributed by atoms with Crippen LogP contribution in [0.25, 0.3) is 0 Å². The van der Waals surface area contributed by atoms with Gasteiger partial charge in [-0.05, 0) is 30.2 Å². The molecule has 110 valence electrons. The lowest BCUT2D eigenvalue weighted by molar-refractivity contribution is 0.0829. The highest BCUT2D eigenvalue weighted by Gasteiger charge is 2.34. The number of nitrogens with one attached hydrogen (secondary N) is 1. The quantitative estimate of drug-likeness (QED) is 0.840. The van der Waals surface area contributed by atoms with E-state index in [1.165, 1.54) is 18.7 Å². The Balaban J connectivity index is 2.09. The Morgan fingerprint density at radius 3 is 2.70 bits per heavy atom. The zero-order valence-corrected chi connectivity index (χ0v) is 12.4. The maximum absolute atomic E-state index is 13.1. The Hall–Kier alpha value is -1.45. The van der Waals surface area contributed by atoms with Crippen molar-refractivity contribution in [2.75, 3.05) is 0 Å². The summed E-state index contributed by atoms with van der Waals surface area (Å²) in [4.78, 5) is 15.7. The van der Waals surface area contributed by atoms with Gasteiger partial charge in [0, 0.05) is 23.9 Å². The molecule has 1 aliphatic rings. The molecule has 1 aromatic rings. The van der Waals surface area contributed by atoms with Crippen molar-refractivity contribution in [3.8, 4) is 0 Å². The number of nitrogens with zero attached hydrogens (tertiary/aromatic N) is 1. The van der Waals surface area contributed by atoms with Gasteiger partial charge in [0.25, 0.3) is 5.91 Å². The van der Waals surface area contributed by atoms with Crippen LogP contribution in [0.4, 0.5) is 4.39 Å². The first-order valence-corrected chi connectivity index (χ1v) is 7.30. The fourth-order valence-electron chi connectivity index (χ4n) is 3.14. The standard InChI is InChI=1S/C16H23FN2O/c1-16(2,3)12-6-4-5-7-13(12)19-15(20)11-8-9-18-14(17)10-11/h8-10,12-13H,4-7H2,1-3H3,(H,19,20)/t12-,13-/m1/s1. The van der Waals surface area contributed by atoms with Gasteiger partial charge in [-0.25, -0.2) is 4.98 Å². The number of amides is 1. The summed E-state index contributed by atoms with van der Waals surface area (Å²) in [5, 5.41) is 3.09. The van der Waals surface area contributed by atoms with Crippen molar-refractivity contribution in [1.29, 1.82) is 0 Å². The van der Waals surface area contributed by atoms with E-state index in [0.29, 0.717) is 11.5 Å². The van der Waals surface area contributed by atoms with E-state index in [9.17, 15) is 9.18 Å². The first-order valence-electron chi connectivity index (χ1n) is 7.30. The fourth-order valence-corrected chi connectivity index (χ4v) is 3.14. The van der Waals surface area contributed by atoms with E-state index in [2.05, 4.69) is 31.1 Å². The molecular formula is C16H23FN2O. The molecule has 2 atom stereocenters. The molecule has 4 heteroatoms. The van der Waals surface area contributed by atoms with Gasteiger partial charge in [0.15, 0.2) is 0 Å². The lowest BCUT2D eigenvalue weighted by Gasteiger charge is -2.40. The van der Waals surface area contributed by atoms with Crippen molar-refractivity contribution >= 4 is 5.91 Å². The third kappa shape index (κ3) is 3.56. The summed E-state index contributed by atoms with van der Waals surface area (Å²) < 4.78 is 13.1. The van der Waals surface area contributed by atoms with Crippen molar-refractivity contribution < 1.29 is 9.18 Å². The van der Waals surface area contributed by atoms with Crippen molar-refractivity contribution in [3.05, 3.63) is 29.8 Å². The van der Waals surface area contributed by atoms with Gasteiger partial charge in [0.05, 0.1) is 0 Å². The zero-order valence-electron chi connectivity index (χ0n) is 12.4. The van der Waals surface area contributed by atoms with Gasteiger partial charge in [-0.1, -0.05) is 33.6 Å². The maximum atomic E-state index is 13.1. The normalized spacial score (nSPS) is 23.4. The minimum atomic E-state index is -0.617. The molecule has 1 amide bonds. The number of hydrogen-bond acceptors (Lipinski definition) is 2. The summed E-state index contributed by atoms with van der Waals surface area (Å²) in [7, 11) is 0. The maximum Gasteiger partial charge on any atom is 0.251 e.